The number of likely N-dealkylation sites (tertiary alicyclic amines) is 1. The van der Waals surface area contributed by atoms with Crippen molar-refractivity contribution in [2.45, 2.75) is 58.1 Å². The van der Waals surface area contributed by atoms with Gasteiger partial charge in [0.05, 0.1) is 12.1 Å². The Morgan fingerprint density at radius 3 is 2.59 bits per heavy atom. The molecule has 0 aromatic rings. The number of rotatable bonds is 6. The summed E-state index contributed by atoms with van der Waals surface area (Å²) in [6, 6.07) is -0.307. The average Bonchev–Trinajstić information content (AvgIpc) is 2.36. The monoisotopic (exact) mass is 242 g/mol. The Hall–Kier alpha value is -0.610. The summed E-state index contributed by atoms with van der Waals surface area (Å²) in [6.45, 7) is 6.48. The highest BCUT2D eigenvalue weighted by atomic mass is 16.5. The van der Waals surface area contributed by atoms with E-state index in [0.29, 0.717) is 6.10 Å². The number of hydrogen-bond donors (Lipinski definition) is 1. The van der Waals surface area contributed by atoms with Gasteiger partial charge in [0.1, 0.15) is 0 Å². The van der Waals surface area contributed by atoms with Gasteiger partial charge in [-0.3, -0.25) is 4.79 Å². The molecule has 1 heterocycles. The lowest BCUT2D eigenvalue weighted by molar-refractivity contribution is -0.135. The third kappa shape index (κ3) is 4.64. The molecule has 4 heteroatoms. The topological polar surface area (TPSA) is 55.6 Å². The maximum absolute atomic E-state index is 12.0. The molecular formula is C13H26N2O2. The average molecular weight is 242 g/mol. The fraction of sp³-hybridized carbons (Fsp3) is 0.923. The van der Waals surface area contributed by atoms with E-state index in [1.54, 1.807) is 0 Å². The molecule has 17 heavy (non-hydrogen) atoms. The summed E-state index contributed by atoms with van der Waals surface area (Å²) in [4.78, 5) is 13.9. The highest BCUT2D eigenvalue weighted by Gasteiger charge is 2.25. The van der Waals surface area contributed by atoms with Gasteiger partial charge in [-0.2, -0.15) is 0 Å². The van der Waals surface area contributed by atoms with Crippen LogP contribution in [0.5, 0.6) is 0 Å². The van der Waals surface area contributed by atoms with Gasteiger partial charge < -0.3 is 15.4 Å². The van der Waals surface area contributed by atoms with Gasteiger partial charge >= 0.3 is 0 Å². The number of amides is 1. The maximum Gasteiger partial charge on any atom is 0.239 e. The van der Waals surface area contributed by atoms with Crippen LogP contribution in [-0.2, 0) is 9.53 Å². The second kappa shape index (κ2) is 7.67. The fourth-order valence-electron chi connectivity index (χ4n) is 2.26. The normalized spacial score (nSPS) is 19.4. The summed E-state index contributed by atoms with van der Waals surface area (Å²) in [6.07, 6.45) is 5.15. The van der Waals surface area contributed by atoms with Crippen LogP contribution in [0.4, 0.5) is 0 Å². The van der Waals surface area contributed by atoms with Crippen LogP contribution in [0.1, 0.15) is 46.0 Å². The number of unbranched alkanes of at least 4 members (excludes halogenated alkanes) is 1. The van der Waals surface area contributed by atoms with Crippen molar-refractivity contribution >= 4 is 5.91 Å². The molecule has 2 N–H and O–H groups in total. The highest BCUT2D eigenvalue weighted by molar-refractivity contribution is 5.81. The first-order valence-corrected chi connectivity index (χ1v) is 6.85. The Balaban J connectivity index is 2.30. The van der Waals surface area contributed by atoms with Gasteiger partial charge in [-0.1, -0.05) is 19.8 Å². The van der Waals surface area contributed by atoms with Gasteiger partial charge in [-0.05, 0) is 26.2 Å². The Morgan fingerprint density at radius 1 is 1.41 bits per heavy atom. The second-order valence-corrected chi connectivity index (χ2v) is 4.73. The number of nitrogens with zero attached hydrogens (tertiary/aromatic N) is 1. The molecule has 1 amide bonds. The Bertz CT molecular complexity index is 225. The van der Waals surface area contributed by atoms with Crippen molar-refractivity contribution in [2.24, 2.45) is 5.73 Å². The van der Waals surface area contributed by atoms with Gasteiger partial charge in [0.25, 0.3) is 0 Å². The van der Waals surface area contributed by atoms with Crippen molar-refractivity contribution in [3.8, 4) is 0 Å². The predicted molar refractivity (Wildman–Crippen MR) is 68.7 cm³/mol. The smallest absolute Gasteiger partial charge is 0.239 e. The zero-order valence-electron chi connectivity index (χ0n) is 11.2. The number of carbonyl (C=O) groups is 1. The van der Waals surface area contributed by atoms with Crippen LogP contribution >= 0.6 is 0 Å². The largest absolute Gasteiger partial charge is 0.378 e. The molecule has 1 aliphatic heterocycles. The van der Waals surface area contributed by atoms with Crippen LogP contribution in [0.25, 0.3) is 0 Å². The summed E-state index contributed by atoms with van der Waals surface area (Å²) in [7, 11) is 0. The molecular weight excluding hydrogens is 216 g/mol. The van der Waals surface area contributed by atoms with Crippen molar-refractivity contribution < 1.29 is 9.53 Å². The quantitative estimate of drug-likeness (QED) is 0.768. The molecule has 0 radical (unpaired) electrons. The second-order valence-electron chi connectivity index (χ2n) is 4.73. The highest BCUT2D eigenvalue weighted by Crippen LogP contribution is 2.15. The summed E-state index contributed by atoms with van der Waals surface area (Å²) >= 11 is 0. The third-order valence-corrected chi connectivity index (χ3v) is 3.34. The zero-order valence-corrected chi connectivity index (χ0v) is 11.2. The maximum atomic E-state index is 12.0. The van der Waals surface area contributed by atoms with E-state index >= 15 is 0 Å². The number of nitrogens with two attached hydrogens (primary N) is 1. The fourth-order valence-corrected chi connectivity index (χ4v) is 2.26. The third-order valence-electron chi connectivity index (χ3n) is 3.34. The first-order chi connectivity index (χ1) is 8.19. The molecule has 0 aromatic heterocycles. The van der Waals surface area contributed by atoms with E-state index in [2.05, 4.69) is 6.92 Å². The Kier molecular flexibility index (Phi) is 6.52. The zero-order chi connectivity index (χ0) is 12.7. The lowest BCUT2D eigenvalue weighted by Gasteiger charge is -2.33. The number of hydrogen-bond acceptors (Lipinski definition) is 3. The molecule has 100 valence electrons. The van der Waals surface area contributed by atoms with E-state index < -0.39 is 0 Å². The van der Waals surface area contributed by atoms with E-state index in [1.165, 1.54) is 0 Å². The standard InChI is InChI=1S/C13H26N2O2/c1-3-5-6-12(14)13(16)15-9-7-11(8-10-15)17-4-2/h11-12H,3-10,14H2,1-2H3/t12-/m0/s1. The molecule has 1 aliphatic rings. The van der Waals surface area contributed by atoms with Crippen molar-refractivity contribution in [3.05, 3.63) is 0 Å². The molecule has 0 unspecified atom stereocenters. The van der Waals surface area contributed by atoms with E-state index in [9.17, 15) is 4.79 Å². The van der Waals surface area contributed by atoms with Gasteiger partial charge in [0.15, 0.2) is 0 Å². The van der Waals surface area contributed by atoms with Crippen LogP contribution in [-0.4, -0.2) is 42.6 Å². The molecule has 0 spiro atoms. The predicted octanol–water partition coefficient (Wildman–Crippen LogP) is 1.53. The van der Waals surface area contributed by atoms with Gasteiger partial charge in [0, 0.05) is 19.7 Å². The molecule has 0 saturated carbocycles. The summed E-state index contributed by atoms with van der Waals surface area (Å²) in [5.74, 6) is 0.119. The van der Waals surface area contributed by atoms with E-state index in [1.807, 2.05) is 11.8 Å². The first kappa shape index (κ1) is 14.5. The SMILES string of the molecule is CCCC[C@H](N)C(=O)N1CCC(OCC)CC1. The molecule has 1 fully saturated rings. The Morgan fingerprint density at radius 2 is 2.06 bits per heavy atom. The summed E-state index contributed by atoms with van der Waals surface area (Å²) in [5, 5.41) is 0. The van der Waals surface area contributed by atoms with Gasteiger partial charge in [0.2, 0.25) is 5.91 Å². The number of ether oxygens (including phenoxy) is 1. The number of piperidine rings is 1. The van der Waals surface area contributed by atoms with Crippen LogP contribution in [0.2, 0.25) is 0 Å². The van der Waals surface area contributed by atoms with Crippen molar-refractivity contribution in [1.82, 2.24) is 4.90 Å². The van der Waals surface area contributed by atoms with Crippen LogP contribution < -0.4 is 5.73 Å². The van der Waals surface area contributed by atoms with E-state index in [4.69, 9.17) is 10.5 Å². The summed E-state index contributed by atoms with van der Waals surface area (Å²) < 4.78 is 5.57. The molecule has 1 rings (SSSR count). The van der Waals surface area contributed by atoms with Crippen molar-refractivity contribution in [3.63, 3.8) is 0 Å². The minimum Gasteiger partial charge on any atom is -0.378 e. The molecule has 0 aliphatic carbocycles. The van der Waals surface area contributed by atoms with Crippen molar-refractivity contribution in [2.75, 3.05) is 19.7 Å². The first-order valence-electron chi connectivity index (χ1n) is 6.85. The lowest BCUT2D eigenvalue weighted by atomic mass is 10.0. The van der Waals surface area contributed by atoms with Crippen LogP contribution in [0.3, 0.4) is 0 Å². The van der Waals surface area contributed by atoms with Crippen LogP contribution in [0, 0.1) is 0 Å². The van der Waals surface area contributed by atoms with Crippen LogP contribution in [0.15, 0.2) is 0 Å². The Labute approximate surface area is 104 Å². The minimum atomic E-state index is -0.307. The molecule has 4 nitrogen and oxygen atoms in total. The van der Waals surface area contributed by atoms with Gasteiger partial charge in [-0.25, -0.2) is 0 Å². The molecule has 1 saturated heterocycles. The lowest BCUT2D eigenvalue weighted by Crippen LogP contribution is -2.48. The number of carbonyl (C=O) groups excluding carboxylic acids is 1. The molecule has 0 aromatic carbocycles. The van der Waals surface area contributed by atoms with Crippen molar-refractivity contribution in [1.29, 1.82) is 0 Å². The van der Waals surface area contributed by atoms with E-state index in [-0.39, 0.29) is 11.9 Å². The molecule has 1 atom stereocenters. The molecule has 0 bridgehead atoms. The van der Waals surface area contributed by atoms with Gasteiger partial charge in [-0.15, -0.1) is 0 Å². The minimum absolute atomic E-state index is 0.119. The van der Waals surface area contributed by atoms with E-state index in [0.717, 1.165) is 51.8 Å². The summed E-state index contributed by atoms with van der Waals surface area (Å²) in [5.41, 5.74) is 5.90.